The molecule has 6 heteroatoms. The molecular formula is C22H24BF2NO2. The monoisotopic (exact) mass is 383 g/mol. The molecule has 1 aliphatic heterocycles. The maximum absolute atomic E-state index is 13.6. The Bertz CT molecular complexity index is 929. The number of nitrogens with one attached hydrogen (secondary N) is 1. The molecule has 0 amide bonds. The van der Waals surface area contributed by atoms with Gasteiger partial charge in [-0.3, -0.25) is 4.79 Å². The van der Waals surface area contributed by atoms with E-state index in [1.54, 1.807) is 12.1 Å². The van der Waals surface area contributed by atoms with Crippen LogP contribution in [0.5, 0.6) is 0 Å². The van der Waals surface area contributed by atoms with Gasteiger partial charge in [0.1, 0.15) is 0 Å². The fourth-order valence-corrected chi connectivity index (χ4v) is 4.30. The number of halogens is 2. The minimum absolute atomic E-state index is 0.0244. The molecular weight excluding hydrogens is 359 g/mol. The van der Waals surface area contributed by atoms with Crippen LogP contribution < -0.4 is 5.56 Å². The topological polar surface area (TPSA) is 49.9 Å². The molecule has 1 unspecified atom stereocenters. The maximum Gasteiger partial charge on any atom is 0.270 e. The van der Waals surface area contributed by atoms with Crippen molar-refractivity contribution in [2.75, 3.05) is 0 Å². The molecule has 2 heterocycles. The second-order valence-electron chi connectivity index (χ2n) is 8.42. The minimum Gasteiger partial charge on any atom is -0.325 e. The van der Waals surface area contributed by atoms with E-state index in [0.717, 1.165) is 49.4 Å². The molecule has 2 atom stereocenters. The minimum atomic E-state index is -2.88. The van der Waals surface area contributed by atoms with Crippen LogP contribution in [0.4, 0.5) is 8.78 Å². The summed E-state index contributed by atoms with van der Waals surface area (Å²) >= 11 is 0. The highest BCUT2D eigenvalue weighted by molar-refractivity contribution is 6.76. The summed E-state index contributed by atoms with van der Waals surface area (Å²) in [6, 6.07) is 10.2. The number of H-pyrrole nitrogens is 1. The van der Waals surface area contributed by atoms with E-state index in [9.17, 15) is 18.4 Å². The van der Waals surface area contributed by atoms with Gasteiger partial charge >= 0.3 is 0 Å². The quantitative estimate of drug-likeness (QED) is 0.751. The van der Waals surface area contributed by atoms with E-state index < -0.39 is 5.92 Å². The molecule has 4 rings (SSSR count). The number of aromatic amines is 1. The SMILES string of the molecule is CC(F)(F)c1ccc(C(C[C@@H]2BC(=O)CC2)c2ccc(C3CC3)c(=O)[nH]2)cc1. The normalized spacial score (nSPS) is 20.8. The molecule has 1 aromatic carbocycles. The maximum atomic E-state index is 13.6. The second kappa shape index (κ2) is 7.30. The van der Waals surface area contributed by atoms with E-state index >= 15 is 0 Å². The van der Waals surface area contributed by atoms with E-state index in [0.29, 0.717) is 19.6 Å². The Morgan fingerprint density at radius 1 is 1.11 bits per heavy atom. The lowest BCUT2D eigenvalue weighted by Crippen LogP contribution is -2.18. The molecule has 1 aliphatic carbocycles. The summed E-state index contributed by atoms with van der Waals surface area (Å²) in [5.74, 6) is -2.37. The van der Waals surface area contributed by atoms with Gasteiger partial charge in [-0.1, -0.05) is 42.6 Å². The molecule has 146 valence electrons. The predicted octanol–water partition coefficient (Wildman–Crippen LogP) is 4.43. The third-order valence-corrected chi connectivity index (χ3v) is 6.09. The Morgan fingerprint density at radius 3 is 2.36 bits per heavy atom. The molecule has 0 bridgehead atoms. The van der Waals surface area contributed by atoms with Crippen LogP contribution in [0.2, 0.25) is 5.82 Å². The highest BCUT2D eigenvalue weighted by atomic mass is 19.3. The first-order valence-corrected chi connectivity index (χ1v) is 10.0. The number of pyridine rings is 1. The van der Waals surface area contributed by atoms with Crippen molar-refractivity contribution >= 4 is 13.0 Å². The number of hydrogen-bond donors (Lipinski definition) is 1. The van der Waals surface area contributed by atoms with Crippen molar-refractivity contribution in [2.45, 2.75) is 62.6 Å². The number of benzene rings is 1. The van der Waals surface area contributed by atoms with Gasteiger partial charge in [-0.25, -0.2) is 8.78 Å². The standard InChI is InChI=1S/C22H24BF2NO2/c1-22(24,25)15-6-4-14(5-7-15)18(12-16-8-11-20(27)23-16)19-10-9-17(13-2-3-13)21(28)26-19/h4-7,9-10,13,16,18,23H,2-3,8,11-12H2,1H3,(H,26,28)/t16-,18?/m1/s1. The van der Waals surface area contributed by atoms with Gasteiger partial charge in [0, 0.05) is 29.7 Å². The van der Waals surface area contributed by atoms with E-state index in [2.05, 4.69) is 4.98 Å². The van der Waals surface area contributed by atoms with E-state index in [4.69, 9.17) is 0 Å². The van der Waals surface area contributed by atoms with Crippen molar-refractivity contribution in [3.8, 4) is 0 Å². The Labute approximate surface area is 163 Å². The molecule has 3 nitrogen and oxygen atoms in total. The first-order valence-electron chi connectivity index (χ1n) is 10.0. The number of carbonyl (C=O) groups excluding carboxylic acids is 1. The number of carbonyl (C=O) groups is 1. The zero-order chi connectivity index (χ0) is 19.9. The molecule has 1 N–H and O–H groups in total. The zero-order valence-corrected chi connectivity index (χ0v) is 16.0. The third-order valence-electron chi connectivity index (χ3n) is 6.09. The van der Waals surface area contributed by atoms with Crippen molar-refractivity contribution in [3.05, 3.63) is 69.1 Å². The Hall–Kier alpha value is -2.24. The van der Waals surface area contributed by atoms with E-state index in [1.807, 2.05) is 12.1 Å². The first-order chi connectivity index (χ1) is 13.3. The zero-order valence-electron chi connectivity index (χ0n) is 16.0. The lowest BCUT2D eigenvalue weighted by atomic mass is 9.63. The van der Waals surface area contributed by atoms with Gasteiger partial charge in [-0.05, 0) is 43.2 Å². The average molecular weight is 383 g/mol. The summed E-state index contributed by atoms with van der Waals surface area (Å²) in [7, 11) is 0.562. The van der Waals surface area contributed by atoms with E-state index in [-0.39, 0.29) is 28.5 Å². The summed E-state index contributed by atoms with van der Waals surface area (Å²) in [4.78, 5) is 27.3. The highest BCUT2D eigenvalue weighted by Gasteiger charge is 2.31. The second-order valence-corrected chi connectivity index (χ2v) is 8.42. The van der Waals surface area contributed by atoms with Crippen LogP contribution in [0.3, 0.4) is 0 Å². The van der Waals surface area contributed by atoms with Crippen LogP contribution in [-0.2, 0) is 10.7 Å². The van der Waals surface area contributed by atoms with Crippen LogP contribution in [0.25, 0.3) is 0 Å². The predicted molar refractivity (Wildman–Crippen MR) is 107 cm³/mol. The molecule has 1 saturated carbocycles. The van der Waals surface area contributed by atoms with Gasteiger partial charge < -0.3 is 9.78 Å². The van der Waals surface area contributed by atoms with Crippen LogP contribution in [0.15, 0.2) is 41.2 Å². The molecule has 2 aromatic rings. The van der Waals surface area contributed by atoms with Crippen LogP contribution in [0, 0.1) is 0 Å². The van der Waals surface area contributed by atoms with Crippen molar-refractivity contribution in [3.63, 3.8) is 0 Å². The molecule has 0 radical (unpaired) electrons. The van der Waals surface area contributed by atoms with Gasteiger partial charge in [-0.2, -0.15) is 0 Å². The van der Waals surface area contributed by atoms with Gasteiger partial charge in [0.2, 0.25) is 7.28 Å². The molecule has 2 aliphatic rings. The Balaban J connectivity index is 1.66. The van der Waals surface area contributed by atoms with Crippen molar-refractivity contribution in [2.24, 2.45) is 0 Å². The Kier molecular flexibility index (Phi) is 4.98. The summed E-state index contributed by atoms with van der Waals surface area (Å²) < 4.78 is 27.1. The molecule has 0 spiro atoms. The molecule has 1 aromatic heterocycles. The van der Waals surface area contributed by atoms with Crippen molar-refractivity contribution < 1.29 is 13.6 Å². The van der Waals surface area contributed by atoms with Crippen LogP contribution in [-0.4, -0.2) is 17.9 Å². The van der Waals surface area contributed by atoms with Crippen LogP contribution in [0.1, 0.15) is 73.2 Å². The highest BCUT2D eigenvalue weighted by Crippen LogP contribution is 2.40. The molecule has 28 heavy (non-hydrogen) atoms. The fourth-order valence-electron chi connectivity index (χ4n) is 4.30. The number of aromatic nitrogens is 1. The lowest BCUT2D eigenvalue weighted by Gasteiger charge is -2.22. The van der Waals surface area contributed by atoms with Crippen molar-refractivity contribution in [1.82, 2.24) is 4.98 Å². The summed E-state index contributed by atoms with van der Waals surface area (Å²) in [5.41, 5.74) is 2.72. The van der Waals surface area contributed by atoms with Crippen LogP contribution >= 0.6 is 0 Å². The first kappa shape index (κ1) is 19.1. The average Bonchev–Trinajstić information content (AvgIpc) is 3.40. The van der Waals surface area contributed by atoms with Gasteiger partial charge in [0.05, 0.1) is 5.68 Å². The summed E-state index contributed by atoms with van der Waals surface area (Å²) in [6.45, 7) is 0.887. The van der Waals surface area contributed by atoms with Crippen molar-refractivity contribution in [1.29, 1.82) is 0 Å². The molecule has 1 saturated heterocycles. The van der Waals surface area contributed by atoms with Gasteiger partial charge in [-0.15, -0.1) is 0 Å². The Morgan fingerprint density at radius 2 is 1.82 bits per heavy atom. The fraction of sp³-hybridized carbons (Fsp3) is 0.455. The third kappa shape index (κ3) is 4.11. The summed E-state index contributed by atoms with van der Waals surface area (Å²) in [6.07, 6.45) is 4.30. The van der Waals surface area contributed by atoms with Gasteiger partial charge in [0.15, 0.2) is 0 Å². The largest absolute Gasteiger partial charge is 0.325 e. The molecule has 2 fully saturated rings. The number of alkyl halides is 2. The summed E-state index contributed by atoms with van der Waals surface area (Å²) in [5, 5.41) is 0. The van der Waals surface area contributed by atoms with E-state index in [1.165, 1.54) is 12.1 Å². The lowest BCUT2D eigenvalue weighted by molar-refractivity contribution is -0.111. The number of rotatable bonds is 6. The smallest absolute Gasteiger partial charge is 0.270 e. The number of hydrogen-bond acceptors (Lipinski definition) is 2. The van der Waals surface area contributed by atoms with Gasteiger partial charge in [0.25, 0.3) is 11.5 Å².